The number of nitrogens with two attached hydrogens (primary N) is 2. The first-order chi connectivity index (χ1) is 42.6. The van der Waals surface area contributed by atoms with Crippen molar-refractivity contribution in [2.75, 3.05) is 37.6 Å². The number of fused-ring (bicyclic) bond motifs is 6. The smallest absolute Gasteiger partial charge is 0.309 e. The number of nitrogens with one attached hydrogen (secondary N) is 6. The van der Waals surface area contributed by atoms with Gasteiger partial charge in [0.1, 0.15) is 30.6 Å². The highest BCUT2D eigenvalue weighted by atomic mass is 79.9. The number of hydrogen-bond donors (Lipinski definition) is 10. The Balaban J connectivity index is 0.0000115. The summed E-state index contributed by atoms with van der Waals surface area (Å²) < 4.78 is 2.12. The van der Waals surface area contributed by atoms with Gasteiger partial charge in [0.15, 0.2) is 18.2 Å². The van der Waals surface area contributed by atoms with Crippen molar-refractivity contribution in [2.24, 2.45) is 16.5 Å². The zero-order valence-corrected chi connectivity index (χ0v) is 52.7. The van der Waals surface area contributed by atoms with Crippen LogP contribution in [-0.2, 0) is 55.6 Å². The molecule has 0 spiro atoms. The summed E-state index contributed by atoms with van der Waals surface area (Å²) in [6.07, 6.45) is 14.2. The van der Waals surface area contributed by atoms with Crippen molar-refractivity contribution in [3.8, 4) is 0 Å². The van der Waals surface area contributed by atoms with E-state index >= 15 is 0 Å². The zero-order chi connectivity index (χ0) is 63.8. The summed E-state index contributed by atoms with van der Waals surface area (Å²) in [7, 11) is 0. The number of benzene rings is 5. The van der Waals surface area contributed by atoms with E-state index in [0.717, 1.165) is 49.9 Å². The first-order valence-electron chi connectivity index (χ1n) is 30.1. The minimum Gasteiger partial charge on any atom is -1.00 e. The number of amides is 6. The molecule has 0 aliphatic carbocycles. The predicted molar refractivity (Wildman–Crippen MR) is 343 cm³/mol. The molecule has 3 aliphatic heterocycles. The molecular weight excluding hydrogens is 1210 g/mol. The third-order valence-electron chi connectivity index (χ3n) is 16.4. The molecule has 0 bridgehead atoms. The Labute approximate surface area is 534 Å². The van der Waals surface area contributed by atoms with Gasteiger partial charge < -0.3 is 75.5 Å². The number of carboxylic acids is 2. The van der Waals surface area contributed by atoms with Crippen molar-refractivity contribution in [2.45, 2.75) is 120 Å². The Hall–Kier alpha value is -9.44. The van der Waals surface area contributed by atoms with Crippen molar-refractivity contribution in [3.63, 3.8) is 0 Å². The molecule has 8 rings (SSSR count). The second-order valence-corrected chi connectivity index (χ2v) is 23.5. The molecule has 21 nitrogen and oxygen atoms in total. The first-order valence-corrected chi connectivity index (χ1v) is 30.1. The van der Waals surface area contributed by atoms with Gasteiger partial charge in [-0.3, -0.25) is 43.3 Å². The number of carbonyl (C=O) groups is 8. The Morgan fingerprint density at radius 1 is 0.656 bits per heavy atom. The molecule has 5 aromatic rings. The highest BCUT2D eigenvalue weighted by Gasteiger charge is 2.46. The maximum Gasteiger partial charge on any atom is 0.309 e. The Morgan fingerprint density at radius 2 is 1.26 bits per heavy atom. The lowest BCUT2D eigenvalue weighted by atomic mass is 9.79. The molecule has 1 saturated heterocycles. The molecule has 3 heterocycles. The van der Waals surface area contributed by atoms with Crippen LogP contribution in [0.1, 0.15) is 95.8 Å². The summed E-state index contributed by atoms with van der Waals surface area (Å²) in [6, 6.07) is 28.2. The SMILES string of the molecule is CC1(C)C(/C=C/C=C/C=C/C=C2/N(CCC(=O)NCCCC[C@@H]3NC(=O)[C@@H](Cc4ccccc4)NC(=O)[C@H](CC(=O)O)NC(=O)CNC(=O)[C@H](CCCN=C(N)N)NC3=O)c3ccc4ccccc4c3C2(C)C)=[N+](CCC(=O)O)c2ccc3ccccc3c21.[Br-]. The molecule has 0 unspecified atom stereocenters. The van der Waals surface area contributed by atoms with Crippen LogP contribution in [0, 0.1) is 0 Å². The minimum absolute atomic E-state index is 0. The monoisotopic (exact) mass is 1290 g/mol. The molecule has 12 N–H and O–H groups in total. The van der Waals surface area contributed by atoms with Crippen LogP contribution in [0.3, 0.4) is 0 Å². The predicted octanol–water partition coefficient (Wildman–Crippen LogP) is 2.71. The van der Waals surface area contributed by atoms with Gasteiger partial charge in [0.2, 0.25) is 41.1 Å². The van der Waals surface area contributed by atoms with Gasteiger partial charge in [-0.15, -0.1) is 0 Å². The van der Waals surface area contributed by atoms with Gasteiger partial charge in [-0.05, 0) is 96.8 Å². The van der Waals surface area contributed by atoms with Crippen LogP contribution in [0.5, 0.6) is 0 Å². The van der Waals surface area contributed by atoms with Gasteiger partial charge in [-0.1, -0.05) is 129 Å². The van der Waals surface area contributed by atoms with Crippen LogP contribution in [0.2, 0.25) is 0 Å². The number of nitrogens with zero attached hydrogens (tertiary/aromatic N) is 3. The number of guanidine groups is 1. The van der Waals surface area contributed by atoms with Crippen LogP contribution < -0.4 is 65.2 Å². The summed E-state index contributed by atoms with van der Waals surface area (Å²) >= 11 is 0. The maximum atomic E-state index is 14.3. The number of allylic oxidation sites excluding steroid dienone is 8. The molecule has 0 radical (unpaired) electrons. The molecule has 5 aromatic carbocycles. The van der Waals surface area contributed by atoms with Crippen LogP contribution in [0.4, 0.5) is 11.4 Å². The van der Waals surface area contributed by atoms with Gasteiger partial charge in [0.25, 0.3) is 0 Å². The third kappa shape index (κ3) is 17.0. The fourth-order valence-electron chi connectivity index (χ4n) is 12.1. The summed E-state index contributed by atoms with van der Waals surface area (Å²) in [4.78, 5) is 112. The van der Waals surface area contributed by atoms with Crippen molar-refractivity contribution in [1.29, 1.82) is 0 Å². The van der Waals surface area contributed by atoms with E-state index in [2.05, 4.69) is 135 Å². The van der Waals surface area contributed by atoms with E-state index in [9.17, 15) is 48.6 Å². The van der Waals surface area contributed by atoms with E-state index in [4.69, 9.17) is 11.5 Å². The lowest BCUT2D eigenvalue weighted by Crippen LogP contribution is -3.00. The van der Waals surface area contributed by atoms with E-state index in [-0.39, 0.29) is 80.5 Å². The second kappa shape index (κ2) is 31.1. The third-order valence-corrected chi connectivity index (χ3v) is 16.4. The van der Waals surface area contributed by atoms with E-state index in [1.54, 1.807) is 30.3 Å². The number of aliphatic imine (C=N–C) groups is 1. The molecule has 22 heteroatoms. The van der Waals surface area contributed by atoms with Gasteiger partial charge in [0, 0.05) is 67.0 Å². The quantitative estimate of drug-likeness (QED) is 0.0148. The number of hydrogen-bond acceptors (Lipinski definition) is 10. The minimum atomic E-state index is -1.62. The van der Waals surface area contributed by atoms with Crippen LogP contribution in [0.15, 0.2) is 156 Å². The van der Waals surface area contributed by atoms with E-state index in [1.165, 1.54) is 5.56 Å². The number of unbranched alkanes of at least 4 members (excludes halogenated alkanes) is 1. The largest absolute Gasteiger partial charge is 1.00 e. The number of aliphatic carboxylic acids is 2. The molecule has 3 aliphatic rings. The topological polar surface area (TPSA) is 320 Å². The van der Waals surface area contributed by atoms with Gasteiger partial charge >= 0.3 is 11.9 Å². The Kier molecular flexibility index (Phi) is 23.6. The highest BCUT2D eigenvalue weighted by molar-refractivity contribution is 6.08. The normalized spacial score (nSPS) is 19.8. The zero-order valence-electron chi connectivity index (χ0n) is 51.1. The Bertz CT molecular complexity index is 3700. The number of anilines is 1. The molecule has 0 aromatic heterocycles. The molecule has 90 heavy (non-hydrogen) atoms. The maximum absolute atomic E-state index is 14.3. The second-order valence-electron chi connectivity index (χ2n) is 23.5. The average molecular weight is 1290 g/mol. The molecule has 1 fully saturated rings. The number of halogens is 1. The molecule has 474 valence electrons. The standard InChI is InChI=1S/C68H79N11O10.BrH/c1-67(2)54(28-11-6-5-7-12-29-55-68(3,4)61-47-25-16-14-23-45(47)31-33-53(61)79(55)39-35-58(82)83)78(52-32-30-44-22-13-15-24-46(44)60(52)67)38-34-56(80)71-36-18-17-26-49-63(87)75-48(27-19-37-72-66(69)70)62(86)73-42-57(81)74-51(41-59(84)85)65(89)77-50(64(88)76-49)40-43-20-9-8-10-21-43;/h5-16,20-25,28-33,48-51H,17-19,26-27,34-42H2,1-4H3,(H11-,69,70,71,72,73,74,75,76,77,80,81,82,83,84,85,86,87,88,89);1H/t48-,49-,50+,51-;/m0./s1. The number of carboxylic acid groups (broad SMARTS) is 2. The summed E-state index contributed by atoms with van der Waals surface area (Å²) in [5.74, 6) is -6.76. The average Bonchev–Trinajstić information content (AvgIpc) is 1.59. The van der Waals surface area contributed by atoms with E-state index < -0.39 is 89.4 Å². The van der Waals surface area contributed by atoms with Crippen LogP contribution >= 0.6 is 0 Å². The van der Waals surface area contributed by atoms with Gasteiger partial charge in [0.05, 0.1) is 18.4 Å². The van der Waals surface area contributed by atoms with Crippen molar-refractivity contribution in [3.05, 3.63) is 168 Å². The summed E-state index contributed by atoms with van der Waals surface area (Å²) in [5, 5.41) is 39.7. The van der Waals surface area contributed by atoms with E-state index in [0.29, 0.717) is 31.5 Å². The van der Waals surface area contributed by atoms with Gasteiger partial charge in [-0.25, -0.2) is 0 Å². The molecule has 6 amide bonds. The lowest BCUT2D eigenvalue weighted by molar-refractivity contribution is -0.436. The van der Waals surface area contributed by atoms with Gasteiger partial charge in [-0.2, -0.15) is 4.58 Å². The highest BCUT2D eigenvalue weighted by Crippen LogP contribution is 2.51. The van der Waals surface area contributed by atoms with Crippen molar-refractivity contribution >= 4 is 92.0 Å². The van der Waals surface area contributed by atoms with E-state index in [1.807, 2.05) is 54.6 Å². The molecule has 4 atom stereocenters. The summed E-state index contributed by atoms with van der Waals surface area (Å²) in [5.41, 5.74) is 17.1. The fraction of sp³-hybridized carbons (Fsp3) is 0.353. The van der Waals surface area contributed by atoms with Crippen molar-refractivity contribution < 1.29 is 70.1 Å². The molecular formula is C68H80BrN11O10. The number of rotatable bonds is 23. The van der Waals surface area contributed by atoms with Crippen LogP contribution in [0.25, 0.3) is 21.5 Å². The molecule has 0 saturated carbocycles. The fourth-order valence-corrected chi connectivity index (χ4v) is 12.1. The summed E-state index contributed by atoms with van der Waals surface area (Å²) in [6.45, 7) is 9.11. The Morgan fingerprint density at radius 3 is 1.94 bits per heavy atom. The van der Waals surface area contributed by atoms with Crippen molar-refractivity contribution in [1.82, 2.24) is 31.9 Å². The number of carbonyl (C=O) groups excluding carboxylic acids is 6. The first kappa shape index (κ1) is 68.1. The lowest BCUT2D eigenvalue weighted by Gasteiger charge is -2.27. The van der Waals surface area contributed by atoms with Crippen LogP contribution in [-0.4, -0.2) is 131 Å².